The number of carbonyl (C=O) groups excluding carboxylic acids is 1. The largest absolute Gasteiger partial charge is 0.398 e. The Hall–Kier alpha value is -1.55. The van der Waals surface area contributed by atoms with Crippen molar-refractivity contribution in [1.82, 2.24) is 9.80 Å². The first kappa shape index (κ1) is 13.4. The lowest BCUT2D eigenvalue weighted by Gasteiger charge is -2.35. The first-order valence-electron chi connectivity index (χ1n) is 7.51. The zero-order valence-electron chi connectivity index (χ0n) is 12.1. The van der Waals surface area contributed by atoms with Gasteiger partial charge in [0.25, 0.3) is 5.91 Å². The topological polar surface area (TPSA) is 49.6 Å². The lowest BCUT2D eigenvalue weighted by Crippen LogP contribution is -2.49. The van der Waals surface area contributed by atoms with E-state index in [1.165, 1.54) is 19.4 Å². The average molecular weight is 273 g/mol. The molecule has 2 aliphatic rings. The van der Waals surface area contributed by atoms with E-state index in [0.717, 1.165) is 37.7 Å². The molecular weight excluding hydrogens is 250 g/mol. The molecule has 2 N–H and O–H groups in total. The van der Waals surface area contributed by atoms with Crippen molar-refractivity contribution in [2.24, 2.45) is 5.92 Å². The SMILES string of the molecule is Cc1ccc(C(=O)N2CCN(CC3CC3)CC2)c(N)c1. The highest BCUT2D eigenvalue weighted by molar-refractivity contribution is 5.99. The van der Waals surface area contributed by atoms with E-state index in [1.54, 1.807) is 0 Å². The number of nitrogens with two attached hydrogens (primary N) is 1. The van der Waals surface area contributed by atoms with Crippen molar-refractivity contribution < 1.29 is 4.79 Å². The molecule has 1 amide bonds. The molecule has 108 valence electrons. The number of benzene rings is 1. The fraction of sp³-hybridized carbons (Fsp3) is 0.562. The van der Waals surface area contributed by atoms with Gasteiger partial charge in [0.2, 0.25) is 0 Å². The van der Waals surface area contributed by atoms with Crippen LogP contribution in [0.2, 0.25) is 0 Å². The maximum absolute atomic E-state index is 12.5. The number of aryl methyl sites for hydroxylation is 1. The van der Waals surface area contributed by atoms with Gasteiger partial charge in [0, 0.05) is 38.4 Å². The van der Waals surface area contributed by atoms with E-state index in [0.29, 0.717) is 11.3 Å². The second-order valence-electron chi connectivity index (χ2n) is 6.13. The molecule has 0 radical (unpaired) electrons. The molecule has 1 aliphatic carbocycles. The maximum Gasteiger partial charge on any atom is 0.256 e. The number of anilines is 1. The molecule has 0 atom stereocenters. The van der Waals surface area contributed by atoms with E-state index >= 15 is 0 Å². The molecule has 0 aromatic heterocycles. The highest BCUT2D eigenvalue weighted by Crippen LogP contribution is 2.30. The van der Waals surface area contributed by atoms with E-state index in [9.17, 15) is 4.79 Å². The van der Waals surface area contributed by atoms with Crippen molar-refractivity contribution in [2.45, 2.75) is 19.8 Å². The molecule has 3 rings (SSSR count). The number of carbonyl (C=O) groups is 1. The lowest BCUT2D eigenvalue weighted by molar-refractivity contribution is 0.0633. The average Bonchev–Trinajstić information content (AvgIpc) is 3.23. The van der Waals surface area contributed by atoms with Crippen molar-refractivity contribution in [3.63, 3.8) is 0 Å². The lowest BCUT2D eigenvalue weighted by atomic mass is 10.1. The van der Waals surface area contributed by atoms with E-state index in [1.807, 2.05) is 30.0 Å². The molecule has 1 saturated carbocycles. The molecule has 1 aromatic rings. The molecule has 1 aliphatic heterocycles. The van der Waals surface area contributed by atoms with Crippen LogP contribution in [-0.2, 0) is 0 Å². The van der Waals surface area contributed by atoms with E-state index in [-0.39, 0.29) is 5.91 Å². The summed E-state index contributed by atoms with van der Waals surface area (Å²) in [7, 11) is 0. The Bertz CT molecular complexity index is 502. The van der Waals surface area contributed by atoms with E-state index in [2.05, 4.69) is 4.90 Å². The third-order valence-corrected chi connectivity index (χ3v) is 4.31. The number of nitrogens with zero attached hydrogens (tertiary/aromatic N) is 2. The fourth-order valence-corrected chi connectivity index (χ4v) is 2.85. The standard InChI is InChI=1S/C16H23N3O/c1-12-2-5-14(15(17)10-12)16(20)19-8-6-18(7-9-19)11-13-3-4-13/h2,5,10,13H,3-4,6-9,11,17H2,1H3. The van der Waals surface area contributed by atoms with Crippen LogP contribution in [-0.4, -0.2) is 48.4 Å². The van der Waals surface area contributed by atoms with Crippen molar-refractivity contribution in [2.75, 3.05) is 38.5 Å². The Labute approximate surface area is 120 Å². The van der Waals surface area contributed by atoms with Crippen LogP contribution in [0.3, 0.4) is 0 Å². The Kier molecular flexibility index (Phi) is 3.66. The maximum atomic E-state index is 12.5. The minimum Gasteiger partial charge on any atom is -0.398 e. The Morgan fingerprint density at radius 3 is 2.55 bits per heavy atom. The molecule has 20 heavy (non-hydrogen) atoms. The summed E-state index contributed by atoms with van der Waals surface area (Å²) in [6.45, 7) is 6.83. The van der Waals surface area contributed by atoms with E-state index in [4.69, 9.17) is 5.73 Å². The van der Waals surface area contributed by atoms with Gasteiger partial charge < -0.3 is 10.6 Å². The number of rotatable bonds is 3. The third-order valence-electron chi connectivity index (χ3n) is 4.31. The summed E-state index contributed by atoms with van der Waals surface area (Å²) in [6, 6.07) is 5.67. The summed E-state index contributed by atoms with van der Waals surface area (Å²) in [5.74, 6) is 0.999. The van der Waals surface area contributed by atoms with Crippen molar-refractivity contribution in [3.8, 4) is 0 Å². The second kappa shape index (κ2) is 5.44. The van der Waals surface area contributed by atoms with Crippen LogP contribution in [0, 0.1) is 12.8 Å². The summed E-state index contributed by atoms with van der Waals surface area (Å²) >= 11 is 0. The fourth-order valence-electron chi connectivity index (χ4n) is 2.85. The molecule has 1 heterocycles. The van der Waals surface area contributed by atoms with Gasteiger partial charge in [0.15, 0.2) is 0 Å². The highest BCUT2D eigenvalue weighted by Gasteiger charge is 2.28. The van der Waals surface area contributed by atoms with Gasteiger partial charge in [-0.25, -0.2) is 0 Å². The van der Waals surface area contributed by atoms with Gasteiger partial charge in [-0.2, -0.15) is 0 Å². The number of hydrogen-bond acceptors (Lipinski definition) is 3. The van der Waals surface area contributed by atoms with Gasteiger partial charge in [0.05, 0.1) is 5.56 Å². The first-order chi connectivity index (χ1) is 9.63. The number of piperazine rings is 1. The first-order valence-corrected chi connectivity index (χ1v) is 7.51. The molecule has 4 nitrogen and oxygen atoms in total. The van der Waals surface area contributed by atoms with Gasteiger partial charge in [-0.1, -0.05) is 6.07 Å². The second-order valence-corrected chi connectivity index (χ2v) is 6.13. The van der Waals surface area contributed by atoms with Gasteiger partial charge >= 0.3 is 0 Å². The Morgan fingerprint density at radius 1 is 1.25 bits per heavy atom. The van der Waals surface area contributed by atoms with Gasteiger partial charge in [-0.3, -0.25) is 9.69 Å². The van der Waals surface area contributed by atoms with Crippen LogP contribution in [0.1, 0.15) is 28.8 Å². The summed E-state index contributed by atoms with van der Waals surface area (Å²) < 4.78 is 0. The highest BCUT2D eigenvalue weighted by atomic mass is 16.2. The van der Waals surface area contributed by atoms with Gasteiger partial charge in [-0.15, -0.1) is 0 Å². The predicted molar refractivity (Wildman–Crippen MR) is 80.7 cm³/mol. The molecular formula is C16H23N3O. The third kappa shape index (κ3) is 2.96. The molecule has 0 bridgehead atoms. The molecule has 0 unspecified atom stereocenters. The zero-order chi connectivity index (χ0) is 14.1. The molecule has 2 fully saturated rings. The van der Waals surface area contributed by atoms with Crippen LogP contribution in [0.4, 0.5) is 5.69 Å². The molecule has 4 heteroatoms. The number of amides is 1. The van der Waals surface area contributed by atoms with Crippen molar-refractivity contribution >= 4 is 11.6 Å². The Balaban J connectivity index is 1.60. The molecule has 1 aromatic carbocycles. The van der Waals surface area contributed by atoms with Crippen LogP contribution in [0.5, 0.6) is 0 Å². The van der Waals surface area contributed by atoms with Crippen LogP contribution >= 0.6 is 0 Å². The zero-order valence-corrected chi connectivity index (χ0v) is 12.1. The summed E-state index contributed by atoms with van der Waals surface area (Å²) in [4.78, 5) is 16.9. The normalized spacial score (nSPS) is 20.1. The molecule has 0 spiro atoms. The van der Waals surface area contributed by atoms with Crippen LogP contribution in [0.25, 0.3) is 0 Å². The van der Waals surface area contributed by atoms with Gasteiger partial charge in [0.1, 0.15) is 0 Å². The summed E-state index contributed by atoms with van der Waals surface area (Å²) in [5.41, 5.74) is 8.30. The quantitative estimate of drug-likeness (QED) is 0.854. The summed E-state index contributed by atoms with van der Waals surface area (Å²) in [6.07, 6.45) is 2.78. The summed E-state index contributed by atoms with van der Waals surface area (Å²) in [5, 5.41) is 0. The Morgan fingerprint density at radius 2 is 1.95 bits per heavy atom. The monoisotopic (exact) mass is 273 g/mol. The van der Waals surface area contributed by atoms with Crippen LogP contribution in [0.15, 0.2) is 18.2 Å². The van der Waals surface area contributed by atoms with Crippen molar-refractivity contribution in [1.29, 1.82) is 0 Å². The predicted octanol–water partition coefficient (Wildman–Crippen LogP) is 1.75. The number of hydrogen-bond donors (Lipinski definition) is 1. The van der Waals surface area contributed by atoms with Crippen molar-refractivity contribution in [3.05, 3.63) is 29.3 Å². The van der Waals surface area contributed by atoms with Gasteiger partial charge in [-0.05, 0) is 43.4 Å². The smallest absolute Gasteiger partial charge is 0.256 e. The minimum absolute atomic E-state index is 0.0774. The van der Waals surface area contributed by atoms with Crippen LogP contribution < -0.4 is 5.73 Å². The molecule has 1 saturated heterocycles. The van der Waals surface area contributed by atoms with E-state index < -0.39 is 0 Å². The minimum atomic E-state index is 0.0774. The number of nitrogen functional groups attached to an aromatic ring is 1.